The molecule has 2 aliphatic heterocycles. The molecule has 4 fully saturated rings. The van der Waals surface area contributed by atoms with Gasteiger partial charge in [-0.1, -0.05) is 0 Å². The van der Waals surface area contributed by atoms with Gasteiger partial charge in [0.05, 0.1) is 5.88 Å². The highest BCUT2D eigenvalue weighted by molar-refractivity contribution is 7.99. The zero-order valence-corrected chi connectivity index (χ0v) is 12.0. The molecule has 1 spiro atoms. The summed E-state index contributed by atoms with van der Waals surface area (Å²) in [5.74, 6) is 2.22. The normalized spacial score (nSPS) is 34.9. The summed E-state index contributed by atoms with van der Waals surface area (Å²) in [5, 5.41) is 0. The largest absolute Gasteiger partial charge is 0.341 e. The lowest BCUT2D eigenvalue weighted by atomic mass is 10.2. The van der Waals surface area contributed by atoms with Crippen molar-refractivity contribution in [3.8, 4) is 0 Å². The monoisotopic (exact) mass is 280 g/mol. The average molecular weight is 280 g/mol. The number of hydrogen-bond donors (Lipinski definition) is 0. The molecule has 2 aliphatic carbocycles. The van der Waals surface area contributed by atoms with Crippen LogP contribution in [0.5, 0.6) is 0 Å². The van der Waals surface area contributed by atoms with Crippen molar-refractivity contribution in [2.24, 2.45) is 11.3 Å². The molecule has 2 amide bonds. The summed E-state index contributed by atoms with van der Waals surface area (Å²) in [6.07, 6.45) is 5.78. The molecule has 0 aromatic rings. The molecule has 0 bridgehead atoms. The van der Waals surface area contributed by atoms with E-state index in [2.05, 4.69) is 0 Å². The molecule has 2 saturated carbocycles. The Hall–Kier alpha value is -0.710. The first-order valence-corrected chi connectivity index (χ1v) is 8.54. The van der Waals surface area contributed by atoms with E-state index in [4.69, 9.17) is 0 Å². The molecule has 104 valence electrons. The highest BCUT2D eigenvalue weighted by Crippen LogP contribution is 2.71. The second-order valence-electron chi connectivity index (χ2n) is 6.48. The Balaban J connectivity index is 1.45. The molecule has 0 N–H and O–H groups in total. The van der Waals surface area contributed by atoms with Gasteiger partial charge in [0.1, 0.15) is 6.04 Å². The molecule has 4 nitrogen and oxygen atoms in total. The zero-order chi connectivity index (χ0) is 13.0. The number of carbonyl (C=O) groups is 2. The van der Waals surface area contributed by atoms with E-state index in [9.17, 15) is 9.59 Å². The molecule has 2 saturated heterocycles. The summed E-state index contributed by atoms with van der Waals surface area (Å²) in [6, 6.07) is -0.174. The first kappa shape index (κ1) is 12.1. The van der Waals surface area contributed by atoms with Crippen molar-refractivity contribution in [1.82, 2.24) is 9.80 Å². The number of rotatable bonds is 2. The minimum atomic E-state index is -0.174. The highest BCUT2D eigenvalue weighted by Gasteiger charge is 2.67. The molecule has 0 aromatic carbocycles. The quantitative estimate of drug-likeness (QED) is 0.766. The summed E-state index contributed by atoms with van der Waals surface area (Å²) in [6.45, 7) is 1.77. The van der Waals surface area contributed by atoms with E-state index in [1.165, 1.54) is 12.8 Å². The number of carbonyl (C=O) groups excluding carboxylic acids is 2. The highest BCUT2D eigenvalue weighted by atomic mass is 32.2. The molecule has 4 rings (SSSR count). The number of amides is 2. The topological polar surface area (TPSA) is 40.6 Å². The minimum Gasteiger partial charge on any atom is -0.341 e. The van der Waals surface area contributed by atoms with Crippen LogP contribution in [0.2, 0.25) is 0 Å². The summed E-state index contributed by atoms with van der Waals surface area (Å²) in [4.78, 5) is 28.9. The maximum atomic E-state index is 12.5. The standard InChI is InChI=1S/C14H20N2O2S/c17-12(10-7-14(10)3-4-14)16-9-19-8-11(16)13(18)15-5-1-2-6-15/h10-11H,1-9H2. The third kappa shape index (κ3) is 1.89. The molecule has 2 heterocycles. The van der Waals surface area contributed by atoms with E-state index >= 15 is 0 Å². The van der Waals surface area contributed by atoms with Gasteiger partial charge in [-0.05, 0) is 37.5 Å². The SMILES string of the molecule is O=C(C1CSCN1C(=O)C1CC12CC2)N1CCCC1. The van der Waals surface area contributed by atoms with Crippen LogP contribution in [0.4, 0.5) is 0 Å². The molecule has 4 aliphatic rings. The first-order chi connectivity index (χ1) is 9.21. The lowest BCUT2D eigenvalue weighted by molar-refractivity contribution is -0.143. The summed E-state index contributed by atoms with van der Waals surface area (Å²) >= 11 is 1.73. The van der Waals surface area contributed by atoms with Gasteiger partial charge in [0, 0.05) is 24.8 Å². The van der Waals surface area contributed by atoms with Crippen LogP contribution in [0.25, 0.3) is 0 Å². The maximum Gasteiger partial charge on any atom is 0.246 e. The average Bonchev–Trinajstić information content (AvgIpc) is 3.18. The van der Waals surface area contributed by atoms with Crippen molar-refractivity contribution in [1.29, 1.82) is 0 Å². The van der Waals surface area contributed by atoms with Crippen molar-refractivity contribution in [2.45, 2.75) is 38.1 Å². The Bertz CT molecular complexity index is 406. The fourth-order valence-electron chi connectivity index (χ4n) is 3.62. The lowest BCUT2D eigenvalue weighted by Gasteiger charge is -2.27. The molecule has 0 aromatic heterocycles. The fourth-order valence-corrected chi connectivity index (χ4v) is 4.78. The molecule has 5 heteroatoms. The van der Waals surface area contributed by atoms with Crippen LogP contribution in [-0.2, 0) is 9.59 Å². The van der Waals surface area contributed by atoms with Crippen LogP contribution >= 0.6 is 11.8 Å². The Morgan fingerprint density at radius 3 is 2.47 bits per heavy atom. The Labute approximate surface area is 117 Å². The van der Waals surface area contributed by atoms with E-state index in [0.717, 1.165) is 44.0 Å². The number of hydrogen-bond acceptors (Lipinski definition) is 3. The van der Waals surface area contributed by atoms with Crippen LogP contribution in [0.3, 0.4) is 0 Å². The smallest absolute Gasteiger partial charge is 0.246 e. The van der Waals surface area contributed by atoms with E-state index in [-0.39, 0.29) is 23.8 Å². The second-order valence-corrected chi connectivity index (χ2v) is 7.47. The van der Waals surface area contributed by atoms with Gasteiger partial charge in [-0.15, -0.1) is 11.8 Å². The van der Waals surface area contributed by atoms with Crippen molar-refractivity contribution < 1.29 is 9.59 Å². The summed E-state index contributed by atoms with van der Waals surface area (Å²) < 4.78 is 0. The number of likely N-dealkylation sites (tertiary alicyclic amines) is 1. The zero-order valence-electron chi connectivity index (χ0n) is 11.1. The van der Waals surface area contributed by atoms with Crippen molar-refractivity contribution >= 4 is 23.6 Å². The van der Waals surface area contributed by atoms with Gasteiger partial charge >= 0.3 is 0 Å². The van der Waals surface area contributed by atoms with Gasteiger partial charge in [-0.2, -0.15) is 0 Å². The van der Waals surface area contributed by atoms with Crippen LogP contribution in [0.15, 0.2) is 0 Å². The molecular formula is C14H20N2O2S. The molecule has 19 heavy (non-hydrogen) atoms. The molecule has 0 radical (unpaired) electrons. The Morgan fingerprint density at radius 2 is 1.84 bits per heavy atom. The first-order valence-electron chi connectivity index (χ1n) is 7.38. The summed E-state index contributed by atoms with van der Waals surface area (Å²) in [5.41, 5.74) is 0.394. The predicted molar refractivity (Wildman–Crippen MR) is 73.5 cm³/mol. The lowest BCUT2D eigenvalue weighted by Crippen LogP contribution is -2.48. The van der Waals surface area contributed by atoms with Gasteiger partial charge in [0.15, 0.2) is 0 Å². The molecule has 2 atom stereocenters. The maximum absolute atomic E-state index is 12.5. The minimum absolute atomic E-state index is 0.174. The van der Waals surface area contributed by atoms with Crippen LogP contribution < -0.4 is 0 Å². The van der Waals surface area contributed by atoms with Crippen molar-refractivity contribution in [3.63, 3.8) is 0 Å². The Morgan fingerprint density at radius 1 is 1.11 bits per heavy atom. The third-order valence-corrected chi connectivity index (χ3v) is 6.26. The summed E-state index contributed by atoms with van der Waals surface area (Å²) in [7, 11) is 0. The number of nitrogens with zero attached hydrogens (tertiary/aromatic N) is 2. The van der Waals surface area contributed by atoms with E-state index < -0.39 is 0 Å². The van der Waals surface area contributed by atoms with Crippen molar-refractivity contribution in [3.05, 3.63) is 0 Å². The molecule has 2 unspecified atom stereocenters. The van der Waals surface area contributed by atoms with Gasteiger partial charge in [-0.3, -0.25) is 9.59 Å². The molecular weight excluding hydrogens is 260 g/mol. The van der Waals surface area contributed by atoms with Crippen LogP contribution in [0.1, 0.15) is 32.1 Å². The Kier molecular flexibility index (Phi) is 2.63. The van der Waals surface area contributed by atoms with Crippen LogP contribution in [-0.4, -0.2) is 52.4 Å². The number of thioether (sulfide) groups is 1. The van der Waals surface area contributed by atoms with Crippen LogP contribution in [0, 0.1) is 11.3 Å². The third-order valence-electron chi connectivity index (χ3n) is 5.25. The van der Waals surface area contributed by atoms with Gasteiger partial charge in [0.25, 0.3) is 0 Å². The van der Waals surface area contributed by atoms with E-state index in [1.807, 2.05) is 9.80 Å². The predicted octanol–water partition coefficient (Wildman–Crippen LogP) is 1.31. The second kappa shape index (κ2) is 4.14. The fraction of sp³-hybridized carbons (Fsp3) is 0.857. The van der Waals surface area contributed by atoms with Gasteiger partial charge < -0.3 is 9.80 Å². The van der Waals surface area contributed by atoms with Gasteiger partial charge in [0.2, 0.25) is 11.8 Å². The van der Waals surface area contributed by atoms with Gasteiger partial charge in [-0.25, -0.2) is 0 Å². The van der Waals surface area contributed by atoms with Crippen molar-refractivity contribution in [2.75, 3.05) is 24.7 Å². The van der Waals surface area contributed by atoms with E-state index in [0.29, 0.717) is 5.41 Å². The van der Waals surface area contributed by atoms with E-state index in [1.54, 1.807) is 11.8 Å².